The van der Waals surface area contributed by atoms with Gasteiger partial charge in [0.25, 0.3) is 5.56 Å². The highest BCUT2D eigenvalue weighted by molar-refractivity contribution is 6.74. The first kappa shape index (κ1) is 24.6. The number of ether oxygens (including phenoxy) is 1. The number of imidazole rings is 1. The maximum Gasteiger partial charge on any atom is 0.280 e. The van der Waals surface area contributed by atoms with Crippen LogP contribution in [0.1, 0.15) is 66.1 Å². The lowest BCUT2D eigenvalue weighted by Crippen LogP contribution is -2.50. The van der Waals surface area contributed by atoms with Gasteiger partial charge in [0.2, 0.25) is 5.95 Å². The van der Waals surface area contributed by atoms with Gasteiger partial charge >= 0.3 is 0 Å². The van der Waals surface area contributed by atoms with Gasteiger partial charge in [0, 0.05) is 6.42 Å². The number of nitrogens with one attached hydrogen (secondary N) is 1. The molecule has 0 saturated carbocycles. The molecule has 184 valence electrons. The molecule has 2 aliphatic rings. The second kappa shape index (κ2) is 7.48. The van der Waals surface area contributed by atoms with Gasteiger partial charge in [0.1, 0.15) is 24.3 Å². The summed E-state index contributed by atoms with van der Waals surface area (Å²) < 4.78 is 22.2. The Morgan fingerprint density at radius 3 is 2.18 bits per heavy atom. The number of aromatic nitrogens is 4. The first-order valence-corrected chi connectivity index (χ1v) is 17.5. The number of nitrogens with zero attached hydrogens (tertiary/aromatic N) is 3. The summed E-state index contributed by atoms with van der Waals surface area (Å²) in [6, 6.07) is 0. The van der Waals surface area contributed by atoms with Crippen molar-refractivity contribution in [3.8, 4) is 0 Å². The molecule has 0 aliphatic carbocycles. The van der Waals surface area contributed by atoms with E-state index >= 15 is 0 Å². The highest BCUT2D eigenvalue weighted by Crippen LogP contribution is 2.51. The summed E-state index contributed by atoms with van der Waals surface area (Å²) in [5, 5.41) is 0.0677. The molecule has 4 atom stereocenters. The molecule has 0 radical (unpaired) electrons. The van der Waals surface area contributed by atoms with E-state index < -0.39 is 22.7 Å². The molecule has 33 heavy (non-hydrogen) atoms. The fraction of sp³-hybridized carbons (Fsp3) is 0.773. The van der Waals surface area contributed by atoms with E-state index in [9.17, 15) is 4.79 Å². The molecule has 2 bridgehead atoms. The molecule has 4 rings (SSSR count). The third kappa shape index (κ3) is 4.01. The fourth-order valence-electron chi connectivity index (χ4n) is 4.02. The van der Waals surface area contributed by atoms with E-state index in [-0.39, 0.29) is 45.5 Å². The van der Waals surface area contributed by atoms with Gasteiger partial charge in [-0.05, 0) is 36.3 Å². The maximum atomic E-state index is 12.6. The number of fused-ring (bicyclic) bond motifs is 6. The van der Waals surface area contributed by atoms with Crippen LogP contribution in [-0.2, 0) is 13.6 Å². The van der Waals surface area contributed by atoms with E-state index in [4.69, 9.17) is 24.3 Å². The zero-order valence-electron chi connectivity index (χ0n) is 21.6. The van der Waals surface area contributed by atoms with E-state index in [2.05, 4.69) is 77.7 Å². The zero-order chi connectivity index (χ0) is 24.7. The van der Waals surface area contributed by atoms with Crippen LogP contribution in [0.25, 0.3) is 11.2 Å². The molecule has 4 heterocycles. The Kier molecular flexibility index (Phi) is 5.57. The third-order valence-electron chi connectivity index (χ3n) is 8.03. The highest BCUT2D eigenvalue weighted by atomic mass is 28.4. The molecule has 0 aromatic carbocycles. The van der Waals surface area contributed by atoms with Gasteiger partial charge in [-0.3, -0.25) is 14.3 Å². The number of hydrogen-bond donors (Lipinski definition) is 2. The van der Waals surface area contributed by atoms with Gasteiger partial charge in [-0.25, -0.2) is 4.98 Å². The first-order valence-electron chi connectivity index (χ1n) is 11.7. The smallest absolute Gasteiger partial charge is 0.280 e. The van der Waals surface area contributed by atoms with Crippen LogP contribution in [0, 0.1) is 0 Å². The monoisotopic (exact) mass is 493 g/mol. The Morgan fingerprint density at radius 1 is 1.03 bits per heavy atom. The molecular weight excluding hydrogens is 454 g/mol. The lowest BCUT2D eigenvalue weighted by Gasteiger charge is -2.44. The Labute approximate surface area is 197 Å². The molecule has 11 heteroatoms. The molecule has 1 saturated heterocycles. The summed E-state index contributed by atoms with van der Waals surface area (Å²) in [4.78, 5) is 24.3. The average molecular weight is 494 g/mol. The van der Waals surface area contributed by atoms with Crippen LogP contribution < -0.4 is 11.3 Å². The quantitative estimate of drug-likeness (QED) is 0.604. The first-order chi connectivity index (χ1) is 14.9. The van der Waals surface area contributed by atoms with Crippen molar-refractivity contribution in [1.29, 1.82) is 0 Å². The second-order valence-corrected chi connectivity index (χ2v) is 22.0. The average Bonchev–Trinajstić information content (AvgIpc) is 3.16. The summed E-state index contributed by atoms with van der Waals surface area (Å²) in [6.45, 7) is 22.3. The molecule has 1 unspecified atom stereocenters. The number of hydrogen-bond acceptors (Lipinski definition) is 7. The van der Waals surface area contributed by atoms with Crippen molar-refractivity contribution in [2.24, 2.45) is 0 Å². The molecular formula is C22H39N5O4Si2. The Morgan fingerprint density at radius 2 is 1.61 bits per heavy atom. The van der Waals surface area contributed by atoms with Crippen molar-refractivity contribution in [2.45, 2.75) is 109 Å². The third-order valence-corrected chi connectivity index (χ3v) is 17.0. The Balaban J connectivity index is 1.83. The van der Waals surface area contributed by atoms with Crippen molar-refractivity contribution >= 4 is 33.7 Å². The van der Waals surface area contributed by atoms with E-state index in [1.807, 2.05) is 4.57 Å². The number of rotatable bonds is 4. The van der Waals surface area contributed by atoms with E-state index in [0.29, 0.717) is 17.9 Å². The molecule has 2 aromatic rings. The van der Waals surface area contributed by atoms with Crippen molar-refractivity contribution < 1.29 is 13.6 Å². The molecule has 0 amide bonds. The van der Waals surface area contributed by atoms with Crippen molar-refractivity contribution in [3.05, 3.63) is 16.2 Å². The standard InChI is InChI=1S/C22H39N5O4Si2/c1-21(2,3)32(7,8)30-12-11-13-27-17-14(19(28)26-20(23)25-17)24-18(27)16(15(12)29-13)31-33(9,10)22(4,5)6/h12-13,15-16H,11H2,1-10H3,(H3,23,25,26,28)/t12-,13+,15-,16?/m0/s1. The summed E-state index contributed by atoms with van der Waals surface area (Å²) in [7, 11) is -4.26. The van der Waals surface area contributed by atoms with Crippen LogP contribution in [-0.4, -0.2) is 48.4 Å². The summed E-state index contributed by atoms with van der Waals surface area (Å²) in [5.41, 5.74) is 6.22. The lowest BCUT2D eigenvalue weighted by atomic mass is 10.1. The molecule has 3 N–H and O–H groups in total. The molecule has 2 aromatic heterocycles. The normalized spacial score (nSPS) is 26.1. The predicted molar refractivity (Wildman–Crippen MR) is 134 cm³/mol. The number of aromatic amines is 1. The minimum Gasteiger partial charge on any atom is -0.411 e. The number of H-pyrrole nitrogens is 1. The van der Waals surface area contributed by atoms with Crippen molar-refractivity contribution in [2.75, 3.05) is 5.73 Å². The maximum absolute atomic E-state index is 12.6. The van der Waals surface area contributed by atoms with Gasteiger partial charge in [0.05, 0.1) is 6.10 Å². The Bertz CT molecular complexity index is 1130. The molecule has 1 fully saturated rings. The van der Waals surface area contributed by atoms with E-state index in [1.165, 1.54) is 0 Å². The molecule has 2 aliphatic heterocycles. The van der Waals surface area contributed by atoms with Crippen LogP contribution in [0.15, 0.2) is 4.79 Å². The van der Waals surface area contributed by atoms with Crippen LogP contribution in [0.3, 0.4) is 0 Å². The van der Waals surface area contributed by atoms with Gasteiger partial charge in [-0.1, -0.05) is 41.5 Å². The molecule has 9 nitrogen and oxygen atoms in total. The molecule has 0 spiro atoms. The largest absolute Gasteiger partial charge is 0.411 e. The van der Waals surface area contributed by atoms with E-state index in [0.717, 1.165) is 0 Å². The van der Waals surface area contributed by atoms with Crippen molar-refractivity contribution in [1.82, 2.24) is 19.5 Å². The van der Waals surface area contributed by atoms with Gasteiger partial charge in [0.15, 0.2) is 27.8 Å². The summed E-state index contributed by atoms with van der Waals surface area (Å²) in [6.07, 6.45) is -0.533. The number of anilines is 1. The van der Waals surface area contributed by atoms with Crippen LogP contribution in [0.4, 0.5) is 5.95 Å². The SMILES string of the molecule is CC(C)(C)[Si](C)(C)OC1c2nc3c(=O)[nH]c(N)nc3n2[C@H]2C[C@H](O[Si](C)(C)C(C)(C)C)[C@@H]1O2. The van der Waals surface area contributed by atoms with Crippen LogP contribution in [0.2, 0.25) is 36.3 Å². The fourth-order valence-corrected chi connectivity index (χ4v) is 6.59. The zero-order valence-corrected chi connectivity index (χ0v) is 23.6. The topological polar surface area (TPSA) is 117 Å². The summed E-state index contributed by atoms with van der Waals surface area (Å²) in [5.74, 6) is 0.743. The minimum absolute atomic E-state index is 0.00473. The predicted octanol–water partition coefficient (Wildman–Crippen LogP) is 4.46. The van der Waals surface area contributed by atoms with Gasteiger partial charge in [-0.15, -0.1) is 0 Å². The van der Waals surface area contributed by atoms with Crippen molar-refractivity contribution in [3.63, 3.8) is 0 Å². The van der Waals surface area contributed by atoms with Gasteiger partial charge in [-0.2, -0.15) is 4.98 Å². The number of nitrogen functional groups attached to an aromatic ring is 1. The van der Waals surface area contributed by atoms with Crippen LogP contribution in [0.5, 0.6) is 0 Å². The van der Waals surface area contributed by atoms with Gasteiger partial charge < -0.3 is 19.3 Å². The van der Waals surface area contributed by atoms with E-state index in [1.54, 1.807) is 0 Å². The Hall–Kier alpha value is -1.54. The number of nitrogens with two attached hydrogens (primary N) is 1. The minimum atomic E-state index is -2.21. The summed E-state index contributed by atoms with van der Waals surface area (Å²) >= 11 is 0. The highest BCUT2D eigenvalue weighted by Gasteiger charge is 2.55. The lowest BCUT2D eigenvalue weighted by molar-refractivity contribution is -0.103. The van der Waals surface area contributed by atoms with Crippen LogP contribution >= 0.6 is 0 Å². The second-order valence-electron chi connectivity index (χ2n) is 12.5.